The molecule has 4 aliphatic rings. The Morgan fingerprint density at radius 1 is 1.13 bits per heavy atom. The maximum atomic E-state index is 12.1. The SMILES string of the molecule is COc1cc(C2CC3(C)C(O)CCC3C3CCC4=CC(=O)CCC4=C23)ccc1C(C)C. The zero-order valence-corrected chi connectivity index (χ0v) is 19.4. The lowest BCUT2D eigenvalue weighted by Gasteiger charge is -2.52. The number of aliphatic hydroxyl groups is 1. The maximum absolute atomic E-state index is 12.1. The third-order valence-corrected chi connectivity index (χ3v) is 8.96. The van der Waals surface area contributed by atoms with Crippen LogP contribution in [0.2, 0.25) is 0 Å². The topological polar surface area (TPSA) is 46.5 Å². The quantitative estimate of drug-likeness (QED) is 0.645. The minimum absolute atomic E-state index is 0.0327. The van der Waals surface area contributed by atoms with Crippen LogP contribution >= 0.6 is 0 Å². The average Bonchev–Trinajstić information content (AvgIpc) is 3.06. The molecule has 1 N–H and O–H groups in total. The van der Waals surface area contributed by atoms with E-state index in [1.165, 1.54) is 22.3 Å². The van der Waals surface area contributed by atoms with Crippen LogP contribution in [-0.2, 0) is 4.79 Å². The van der Waals surface area contributed by atoms with Crippen molar-refractivity contribution in [1.29, 1.82) is 0 Å². The molecule has 31 heavy (non-hydrogen) atoms. The fourth-order valence-corrected chi connectivity index (χ4v) is 7.35. The highest BCUT2D eigenvalue weighted by Gasteiger charge is 2.56. The lowest BCUT2D eigenvalue weighted by Crippen LogP contribution is -2.45. The van der Waals surface area contributed by atoms with E-state index in [-0.39, 0.29) is 17.3 Å². The van der Waals surface area contributed by atoms with Gasteiger partial charge in [-0.05, 0) is 96.1 Å². The zero-order valence-electron chi connectivity index (χ0n) is 19.4. The summed E-state index contributed by atoms with van der Waals surface area (Å²) in [6.45, 7) is 6.74. The normalized spacial score (nSPS) is 34.9. The van der Waals surface area contributed by atoms with Gasteiger partial charge in [0, 0.05) is 12.3 Å². The number of aliphatic hydroxyl groups excluding tert-OH is 1. The van der Waals surface area contributed by atoms with E-state index in [9.17, 15) is 9.90 Å². The van der Waals surface area contributed by atoms with E-state index < -0.39 is 0 Å². The molecular weight excluding hydrogens is 384 g/mol. The molecule has 0 bridgehead atoms. The van der Waals surface area contributed by atoms with Crippen molar-refractivity contribution < 1.29 is 14.6 Å². The molecule has 0 aliphatic heterocycles. The molecule has 4 aliphatic carbocycles. The van der Waals surface area contributed by atoms with Crippen molar-refractivity contribution in [3.8, 4) is 5.75 Å². The Morgan fingerprint density at radius 3 is 2.68 bits per heavy atom. The van der Waals surface area contributed by atoms with E-state index in [0.29, 0.717) is 30.1 Å². The Bertz CT molecular complexity index is 968. The number of ether oxygens (including phenoxy) is 1. The summed E-state index contributed by atoms with van der Waals surface area (Å²) in [4.78, 5) is 12.1. The van der Waals surface area contributed by atoms with E-state index in [2.05, 4.69) is 39.0 Å². The lowest BCUT2D eigenvalue weighted by molar-refractivity contribution is -0.114. The average molecular weight is 421 g/mol. The number of ketones is 1. The van der Waals surface area contributed by atoms with Crippen LogP contribution in [0.25, 0.3) is 0 Å². The van der Waals surface area contributed by atoms with Gasteiger partial charge >= 0.3 is 0 Å². The first-order valence-corrected chi connectivity index (χ1v) is 12.2. The summed E-state index contributed by atoms with van der Waals surface area (Å²) in [7, 11) is 1.77. The Balaban J connectivity index is 1.67. The fraction of sp³-hybridized carbons (Fsp3) is 0.607. The number of hydrogen-bond donors (Lipinski definition) is 1. The molecule has 0 amide bonds. The molecule has 2 saturated carbocycles. The van der Waals surface area contributed by atoms with Gasteiger partial charge in [0.15, 0.2) is 5.78 Å². The van der Waals surface area contributed by atoms with Crippen molar-refractivity contribution in [2.45, 2.75) is 83.7 Å². The number of carbonyl (C=O) groups excluding carboxylic acids is 1. The molecule has 166 valence electrons. The monoisotopic (exact) mass is 420 g/mol. The van der Waals surface area contributed by atoms with E-state index in [0.717, 1.165) is 44.3 Å². The largest absolute Gasteiger partial charge is 0.496 e. The number of allylic oxidation sites excluding steroid dienone is 4. The summed E-state index contributed by atoms with van der Waals surface area (Å²) in [5.74, 6) is 3.04. The second kappa shape index (κ2) is 7.62. The van der Waals surface area contributed by atoms with Crippen LogP contribution in [0.15, 0.2) is 41.0 Å². The summed E-state index contributed by atoms with van der Waals surface area (Å²) >= 11 is 0. The van der Waals surface area contributed by atoms with Crippen LogP contribution in [0.4, 0.5) is 0 Å². The Kier molecular flexibility index (Phi) is 5.16. The van der Waals surface area contributed by atoms with Crippen LogP contribution < -0.4 is 4.74 Å². The summed E-state index contributed by atoms with van der Waals surface area (Å²) in [5.41, 5.74) is 6.87. The summed E-state index contributed by atoms with van der Waals surface area (Å²) in [6.07, 6.45) is 8.40. The van der Waals surface area contributed by atoms with Crippen molar-refractivity contribution in [3.63, 3.8) is 0 Å². The Labute approximate surface area is 186 Å². The first-order chi connectivity index (χ1) is 14.8. The maximum Gasteiger partial charge on any atom is 0.156 e. The molecule has 3 heteroatoms. The van der Waals surface area contributed by atoms with Crippen LogP contribution in [0.5, 0.6) is 5.75 Å². The van der Waals surface area contributed by atoms with E-state index in [1.807, 2.05) is 6.08 Å². The molecule has 0 heterocycles. The van der Waals surface area contributed by atoms with Crippen molar-refractivity contribution in [3.05, 3.63) is 52.1 Å². The van der Waals surface area contributed by atoms with Gasteiger partial charge in [0.2, 0.25) is 0 Å². The third kappa shape index (κ3) is 3.23. The first-order valence-electron chi connectivity index (χ1n) is 12.2. The predicted octanol–water partition coefficient (Wildman–Crippen LogP) is 6.08. The molecule has 0 aromatic heterocycles. The highest BCUT2D eigenvalue weighted by molar-refractivity contribution is 5.93. The number of methoxy groups -OCH3 is 1. The van der Waals surface area contributed by atoms with Gasteiger partial charge in [-0.15, -0.1) is 0 Å². The molecule has 5 unspecified atom stereocenters. The molecule has 0 saturated heterocycles. The molecule has 2 fully saturated rings. The van der Waals surface area contributed by atoms with Gasteiger partial charge in [0.05, 0.1) is 13.2 Å². The van der Waals surface area contributed by atoms with Crippen LogP contribution in [-0.4, -0.2) is 24.1 Å². The van der Waals surface area contributed by atoms with Gasteiger partial charge in [0.25, 0.3) is 0 Å². The summed E-state index contributed by atoms with van der Waals surface area (Å²) < 4.78 is 5.81. The van der Waals surface area contributed by atoms with E-state index in [1.54, 1.807) is 12.7 Å². The first kappa shape index (κ1) is 21.0. The van der Waals surface area contributed by atoms with Gasteiger partial charge in [-0.1, -0.05) is 38.5 Å². The molecule has 0 spiro atoms. The summed E-state index contributed by atoms with van der Waals surface area (Å²) in [6, 6.07) is 6.79. The Hall–Kier alpha value is -1.87. The molecule has 1 aromatic rings. The molecule has 0 radical (unpaired) electrons. The number of benzene rings is 1. The standard InChI is InChI=1S/C28H36O3/c1-16(2)20-8-5-18(14-25(20)31-4)23-15-28(3)24(11-12-26(28)30)22-9-6-17-13-19(29)7-10-21(17)27(22)23/h5,8,13-14,16,22-24,26,30H,6-7,9-12,15H2,1-4H3. The van der Waals surface area contributed by atoms with E-state index >= 15 is 0 Å². The van der Waals surface area contributed by atoms with Crippen LogP contribution in [0.1, 0.15) is 88.7 Å². The molecule has 1 aromatic carbocycles. The smallest absolute Gasteiger partial charge is 0.156 e. The van der Waals surface area contributed by atoms with Crippen LogP contribution in [0, 0.1) is 17.3 Å². The molecule has 5 atom stereocenters. The summed E-state index contributed by atoms with van der Waals surface area (Å²) in [5, 5.41) is 11.0. The second-order valence-electron chi connectivity index (χ2n) is 10.8. The molecule has 3 nitrogen and oxygen atoms in total. The van der Waals surface area contributed by atoms with Crippen molar-refractivity contribution >= 4 is 5.78 Å². The Morgan fingerprint density at radius 2 is 1.94 bits per heavy atom. The minimum atomic E-state index is -0.215. The van der Waals surface area contributed by atoms with Crippen molar-refractivity contribution in [2.24, 2.45) is 17.3 Å². The number of fused-ring (bicyclic) bond motifs is 4. The predicted molar refractivity (Wildman–Crippen MR) is 123 cm³/mol. The fourth-order valence-electron chi connectivity index (χ4n) is 7.35. The van der Waals surface area contributed by atoms with Gasteiger partial charge in [0.1, 0.15) is 5.75 Å². The number of rotatable bonds is 3. The van der Waals surface area contributed by atoms with Gasteiger partial charge in [-0.3, -0.25) is 4.79 Å². The van der Waals surface area contributed by atoms with Gasteiger partial charge < -0.3 is 9.84 Å². The number of carbonyl (C=O) groups is 1. The van der Waals surface area contributed by atoms with Crippen molar-refractivity contribution in [2.75, 3.05) is 7.11 Å². The van der Waals surface area contributed by atoms with Crippen LogP contribution in [0.3, 0.4) is 0 Å². The highest BCUT2D eigenvalue weighted by Crippen LogP contribution is 2.64. The zero-order chi connectivity index (χ0) is 21.9. The molecular formula is C28H36O3. The minimum Gasteiger partial charge on any atom is -0.496 e. The molecule has 5 rings (SSSR count). The second-order valence-corrected chi connectivity index (χ2v) is 10.8. The van der Waals surface area contributed by atoms with E-state index in [4.69, 9.17) is 4.74 Å². The lowest BCUT2D eigenvalue weighted by atomic mass is 9.53. The third-order valence-electron chi connectivity index (χ3n) is 8.96. The van der Waals surface area contributed by atoms with Gasteiger partial charge in [-0.2, -0.15) is 0 Å². The van der Waals surface area contributed by atoms with Crippen molar-refractivity contribution in [1.82, 2.24) is 0 Å². The van der Waals surface area contributed by atoms with Gasteiger partial charge in [-0.25, -0.2) is 0 Å². The highest BCUT2D eigenvalue weighted by atomic mass is 16.5. The number of hydrogen-bond acceptors (Lipinski definition) is 3.